The SMILES string of the molecule is C=C/C=C(\C=C)c1ccccc1.O=CO. The highest BCUT2D eigenvalue weighted by Gasteiger charge is 1.92. The summed E-state index contributed by atoms with van der Waals surface area (Å²) in [7, 11) is 0. The van der Waals surface area contributed by atoms with Gasteiger partial charge in [-0.2, -0.15) is 0 Å². The molecular formula is C13H14O2. The quantitative estimate of drug-likeness (QED) is 0.604. The van der Waals surface area contributed by atoms with Gasteiger partial charge in [-0.1, -0.05) is 61.7 Å². The van der Waals surface area contributed by atoms with E-state index in [-0.39, 0.29) is 6.47 Å². The number of hydrogen-bond acceptors (Lipinski definition) is 1. The molecule has 2 nitrogen and oxygen atoms in total. The first kappa shape index (κ1) is 12.9. The van der Waals surface area contributed by atoms with Gasteiger partial charge in [0, 0.05) is 0 Å². The van der Waals surface area contributed by atoms with E-state index in [1.54, 1.807) is 6.08 Å². The maximum absolute atomic E-state index is 8.36. The van der Waals surface area contributed by atoms with Crippen molar-refractivity contribution in [1.29, 1.82) is 0 Å². The number of carbonyl (C=O) groups is 1. The summed E-state index contributed by atoms with van der Waals surface area (Å²) in [5, 5.41) is 6.89. The maximum Gasteiger partial charge on any atom is 0.290 e. The number of rotatable bonds is 3. The number of allylic oxidation sites excluding steroid dienone is 4. The summed E-state index contributed by atoms with van der Waals surface area (Å²) < 4.78 is 0. The summed E-state index contributed by atoms with van der Waals surface area (Å²) in [6.45, 7) is 7.14. The van der Waals surface area contributed by atoms with Gasteiger partial charge in [0.15, 0.2) is 0 Å². The van der Waals surface area contributed by atoms with Crippen molar-refractivity contribution < 1.29 is 9.90 Å². The minimum absolute atomic E-state index is 0.250. The van der Waals surface area contributed by atoms with Gasteiger partial charge in [-0.3, -0.25) is 4.79 Å². The second-order valence-corrected chi connectivity index (χ2v) is 2.53. The largest absolute Gasteiger partial charge is 0.483 e. The number of benzene rings is 1. The average molecular weight is 202 g/mol. The molecule has 78 valence electrons. The third kappa shape index (κ3) is 5.26. The van der Waals surface area contributed by atoms with Gasteiger partial charge in [0.1, 0.15) is 0 Å². The van der Waals surface area contributed by atoms with Crippen molar-refractivity contribution in [3.8, 4) is 0 Å². The van der Waals surface area contributed by atoms with Crippen molar-refractivity contribution in [3.63, 3.8) is 0 Å². The van der Waals surface area contributed by atoms with Gasteiger partial charge in [-0.05, 0) is 11.1 Å². The standard InChI is InChI=1S/C12H12.CH2O2/c1-3-8-11(4-2)12-9-6-5-7-10-12;2-1-3/h3-10H,1-2H2;1H,(H,2,3)/b11-8+;. The predicted octanol–water partition coefficient (Wildman–Crippen LogP) is 3.14. The van der Waals surface area contributed by atoms with Crippen molar-refractivity contribution in [2.45, 2.75) is 0 Å². The van der Waals surface area contributed by atoms with Gasteiger partial charge in [-0.15, -0.1) is 0 Å². The molecule has 0 spiro atoms. The zero-order valence-electron chi connectivity index (χ0n) is 8.47. The Hall–Kier alpha value is -2.09. The van der Waals surface area contributed by atoms with Gasteiger partial charge in [0.05, 0.1) is 0 Å². The summed E-state index contributed by atoms with van der Waals surface area (Å²) in [6.07, 6.45) is 5.54. The molecule has 1 aromatic rings. The molecule has 0 aliphatic rings. The molecule has 0 aliphatic heterocycles. The fraction of sp³-hybridized carbons (Fsp3) is 0. The van der Waals surface area contributed by atoms with Crippen molar-refractivity contribution in [2.75, 3.05) is 0 Å². The van der Waals surface area contributed by atoms with Crippen molar-refractivity contribution in [1.82, 2.24) is 0 Å². The molecule has 0 saturated carbocycles. The van der Waals surface area contributed by atoms with Crippen LogP contribution in [-0.2, 0) is 4.79 Å². The number of carboxylic acid groups (broad SMARTS) is 1. The highest BCUT2D eigenvalue weighted by Crippen LogP contribution is 2.14. The molecule has 0 aromatic heterocycles. The first-order valence-electron chi connectivity index (χ1n) is 4.38. The van der Waals surface area contributed by atoms with Crippen LogP contribution in [0.1, 0.15) is 5.56 Å². The lowest BCUT2D eigenvalue weighted by molar-refractivity contribution is -0.122. The lowest BCUT2D eigenvalue weighted by Crippen LogP contribution is -1.77. The van der Waals surface area contributed by atoms with Gasteiger partial charge in [0.2, 0.25) is 0 Å². The lowest BCUT2D eigenvalue weighted by atomic mass is 10.1. The van der Waals surface area contributed by atoms with Gasteiger partial charge in [0.25, 0.3) is 6.47 Å². The Morgan fingerprint density at radius 3 is 2.13 bits per heavy atom. The first-order chi connectivity index (χ1) is 7.29. The summed E-state index contributed by atoms with van der Waals surface area (Å²) >= 11 is 0. The Bertz CT molecular complexity index is 337. The van der Waals surface area contributed by atoms with E-state index in [9.17, 15) is 0 Å². The van der Waals surface area contributed by atoms with E-state index in [2.05, 4.69) is 25.3 Å². The van der Waals surface area contributed by atoms with Crippen LogP contribution >= 0.6 is 0 Å². The molecule has 1 N–H and O–H groups in total. The molecule has 2 heteroatoms. The van der Waals surface area contributed by atoms with E-state index < -0.39 is 0 Å². The monoisotopic (exact) mass is 202 g/mol. The topological polar surface area (TPSA) is 37.3 Å². The molecule has 0 atom stereocenters. The van der Waals surface area contributed by atoms with E-state index in [4.69, 9.17) is 9.90 Å². The molecular weight excluding hydrogens is 188 g/mol. The van der Waals surface area contributed by atoms with E-state index in [1.807, 2.05) is 30.4 Å². The Labute approximate surface area is 89.9 Å². The Morgan fingerprint density at radius 1 is 1.20 bits per heavy atom. The van der Waals surface area contributed by atoms with Crippen LogP contribution in [0.2, 0.25) is 0 Å². The van der Waals surface area contributed by atoms with Gasteiger partial charge in [-0.25, -0.2) is 0 Å². The summed E-state index contributed by atoms with van der Waals surface area (Å²) in [5.74, 6) is 0. The van der Waals surface area contributed by atoms with E-state index in [1.165, 1.54) is 5.56 Å². The van der Waals surface area contributed by atoms with Crippen LogP contribution in [0.4, 0.5) is 0 Å². The van der Waals surface area contributed by atoms with Crippen molar-refractivity contribution in [3.05, 3.63) is 67.3 Å². The predicted molar refractivity (Wildman–Crippen MR) is 63.5 cm³/mol. The normalized spacial score (nSPS) is 9.47. The first-order valence-corrected chi connectivity index (χ1v) is 4.38. The molecule has 0 bridgehead atoms. The molecule has 0 unspecified atom stereocenters. The van der Waals surface area contributed by atoms with E-state index in [0.29, 0.717) is 0 Å². The molecule has 0 heterocycles. The highest BCUT2D eigenvalue weighted by molar-refractivity contribution is 5.74. The smallest absolute Gasteiger partial charge is 0.290 e. The second kappa shape index (κ2) is 8.51. The van der Waals surface area contributed by atoms with Crippen LogP contribution in [0, 0.1) is 0 Å². The highest BCUT2D eigenvalue weighted by atomic mass is 16.3. The molecule has 1 rings (SSSR count). The molecule has 0 amide bonds. The van der Waals surface area contributed by atoms with E-state index in [0.717, 1.165) is 5.57 Å². The summed E-state index contributed by atoms with van der Waals surface area (Å²) in [5.41, 5.74) is 2.28. The molecule has 0 fully saturated rings. The zero-order chi connectivity index (χ0) is 11.5. The Kier molecular flexibility index (Phi) is 7.32. The van der Waals surface area contributed by atoms with Crippen molar-refractivity contribution >= 4 is 12.0 Å². The number of hydrogen-bond donors (Lipinski definition) is 1. The average Bonchev–Trinajstić information content (AvgIpc) is 2.28. The fourth-order valence-corrected chi connectivity index (χ4v) is 1.04. The van der Waals surface area contributed by atoms with Gasteiger partial charge < -0.3 is 5.11 Å². The van der Waals surface area contributed by atoms with Crippen molar-refractivity contribution in [2.24, 2.45) is 0 Å². The van der Waals surface area contributed by atoms with Gasteiger partial charge >= 0.3 is 0 Å². The van der Waals surface area contributed by atoms with E-state index >= 15 is 0 Å². The molecule has 0 saturated heterocycles. The second-order valence-electron chi connectivity index (χ2n) is 2.53. The van der Waals surface area contributed by atoms with Crippen LogP contribution in [0.15, 0.2) is 61.7 Å². The van der Waals surface area contributed by atoms with Crippen LogP contribution < -0.4 is 0 Å². The summed E-state index contributed by atoms with van der Waals surface area (Å²) in [4.78, 5) is 8.36. The minimum Gasteiger partial charge on any atom is -0.483 e. The summed E-state index contributed by atoms with van der Waals surface area (Å²) in [6, 6.07) is 10.1. The zero-order valence-corrected chi connectivity index (χ0v) is 8.47. The Morgan fingerprint density at radius 2 is 1.73 bits per heavy atom. The Balaban J connectivity index is 0.000000583. The van der Waals surface area contributed by atoms with Crippen LogP contribution in [0.3, 0.4) is 0 Å². The minimum atomic E-state index is -0.250. The molecule has 15 heavy (non-hydrogen) atoms. The van der Waals surface area contributed by atoms with Crippen LogP contribution in [0.25, 0.3) is 5.57 Å². The third-order valence-corrected chi connectivity index (χ3v) is 1.62. The molecule has 1 aromatic carbocycles. The third-order valence-electron chi connectivity index (χ3n) is 1.62. The molecule has 0 aliphatic carbocycles. The van der Waals surface area contributed by atoms with Crippen LogP contribution in [-0.4, -0.2) is 11.6 Å². The van der Waals surface area contributed by atoms with Crippen LogP contribution in [0.5, 0.6) is 0 Å². The molecule has 0 radical (unpaired) electrons. The fourth-order valence-electron chi connectivity index (χ4n) is 1.04. The lowest BCUT2D eigenvalue weighted by Gasteiger charge is -1.99. The maximum atomic E-state index is 8.36.